The van der Waals surface area contributed by atoms with Gasteiger partial charge in [0, 0.05) is 16.7 Å². The van der Waals surface area contributed by atoms with Crippen molar-refractivity contribution < 1.29 is 13.7 Å². The van der Waals surface area contributed by atoms with Gasteiger partial charge in [0.15, 0.2) is 5.82 Å². The van der Waals surface area contributed by atoms with E-state index in [-0.39, 0.29) is 5.91 Å². The molecule has 2 heterocycles. The molecular weight excluding hydrogens is 352 g/mol. The van der Waals surface area contributed by atoms with Gasteiger partial charge in [0.05, 0.1) is 5.25 Å². The maximum atomic E-state index is 12.1. The molecule has 1 unspecified atom stereocenters. The van der Waals surface area contributed by atoms with E-state index in [1.54, 1.807) is 44.2 Å². The monoisotopic (exact) mass is 364 g/mol. The fourth-order valence-corrected chi connectivity index (χ4v) is 2.63. The molecule has 7 nitrogen and oxygen atoms in total. The minimum Gasteiger partial charge on any atom is -0.411 e. The van der Waals surface area contributed by atoms with E-state index < -0.39 is 5.25 Å². The number of thioether (sulfide) groups is 1. The van der Waals surface area contributed by atoms with Crippen molar-refractivity contribution in [1.29, 1.82) is 0 Å². The topological polar surface area (TPSA) is 94.1 Å². The van der Waals surface area contributed by atoms with E-state index in [9.17, 15) is 4.79 Å². The first-order chi connectivity index (χ1) is 11.5. The average Bonchev–Trinajstić information content (AvgIpc) is 3.17. The zero-order chi connectivity index (χ0) is 17.1. The van der Waals surface area contributed by atoms with Crippen LogP contribution < -0.4 is 5.32 Å². The molecule has 1 amide bonds. The summed E-state index contributed by atoms with van der Waals surface area (Å²) in [5, 5.41) is 14.8. The Labute approximate surface area is 146 Å². The molecule has 0 saturated heterocycles. The number of carbonyl (C=O) groups is 1. The van der Waals surface area contributed by atoms with Gasteiger partial charge in [0.2, 0.25) is 11.8 Å². The lowest BCUT2D eigenvalue weighted by Crippen LogP contribution is -2.22. The molecule has 0 spiro atoms. The molecule has 3 aromatic rings. The van der Waals surface area contributed by atoms with Gasteiger partial charge in [0.1, 0.15) is 5.76 Å². The molecule has 0 fully saturated rings. The van der Waals surface area contributed by atoms with Crippen LogP contribution in [0, 0.1) is 6.92 Å². The zero-order valence-corrected chi connectivity index (χ0v) is 14.4. The van der Waals surface area contributed by atoms with Gasteiger partial charge >= 0.3 is 0 Å². The maximum absolute atomic E-state index is 12.1. The first kappa shape index (κ1) is 16.5. The van der Waals surface area contributed by atoms with Crippen molar-refractivity contribution in [1.82, 2.24) is 15.4 Å². The summed E-state index contributed by atoms with van der Waals surface area (Å²) < 4.78 is 10.5. The van der Waals surface area contributed by atoms with Crippen LogP contribution in [0.3, 0.4) is 0 Å². The predicted octanol–water partition coefficient (Wildman–Crippen LogP) is 3.81. The molecule has 0 saturated carbocycles. The highest BCUT2D eigenvalue weighted by atomic mass is 35.5. The third-order valence-electron chi connectivity index (χ3n) is 3.02. The van der Waals surface area contributed by atoms with Gasteiger partial charge in [-0.05, 0) is 38.1 Å². The zero-order valence-electron chi connectivity index (χ0n) is 12.8. The van der Waals surface area contributed by atoms with E-state index in [1.807, 2.05) is 0 Å². The molecule has 9 heteroatoms. The number of nitrogens with zero attached hydrogens (tertiary/aromatic N) is 3. The van der Waals surface area contributed by atoms with Crippen molar-refractivity contribution in [3.63, 3.8) is 0 Å². The maximum Gasteiger partial charge on any atom is 0.277 e. The second-order valence-electron chi connectivity index (χ2n) is 4.95. The summed E-state index contributed by atoms with van der Waals surface area (Å²) in [4.78, 5) is 12.1. The van der Waals surface area contributed by atoms with Crippen LogP contribution in [0.15, 0.2) is 44.5 Å². The number of carbonyl (C=O) groups excluding carboxylic acids is 1. The van der Waals surface area contributed by atoms with Crippen molar-refractivity contribution in [2.75, 3.05) is 5.32 Å². The van der Waals surface area contributed by atoms with Gasteiger partial charge in [-0.2, -0.15) is 0 Å². The Hall–Kier alpha value is -2.32. The van der Waals surface area contributed by atoms with Gasteiger partial charge in [-0.15, -0.1) is 10.2 Å². The van der Waals surface area contributed by atoms with E-state index in [1.165, 1.54) is 0 Å². The van der Waals surface area contributed by atoms with E-state index in [4.69, 9.17) is 20.5 Å². The molecule has 1 N–H and O–H groups in total. The summed E-state index contributed by atoms with van der Waals surface area (Å²) in [6, 6.07) is 8.69. The molecule has 1 atom stereocenters. The van der Waals surface area contributed by atoms with E-state index >= 15 is 0 Å². The van der Waals surface area contributed by atoms with Gasteiger partial charge in [-0.25, -0.2) is 0 Å². The Balaban J connectivity index is 1.63. The number of benzene rings is 1. The van der Waals surface area contributed by atoms with Crippen molar-refractivity contribution in [2.45, 2.75) is 24.3 Å². The highest BCUT2D eigenvalue weighted by molar-refractivity contribution is 8.00. The van der Waals surface area contributed by atoms with Crippen LogP contribution >= 0.6 is 23.4 Å². The van der Waals surface area contributed by atoms with E-state index in [0.717, 1.165) is 17.3 Å². The standard InChI is InChI=1S/C15H13ClN4O3S/c1-8-7-12(20-23-8)17-13(21)9(2)24-15-19-18-14(22-15)10-3-5-11(16)6-4-10/h3-7,9H,1-2H3,(H,17,20,21). The van der Waals surface area contributed by atoms with Gasteiger partial charge < -0.3 is 14.3 Å². The Kier molecular flexibility index (Phi) is 4.86. The third kappa shape index (κ3) is 3.95. The molecule has 0 aliphatic rings. The SMILES string of the molecule is Cc1cc(NC(=O)C(C)Sc2nnc(-c3ccc(Cl)cc3)o2)no1. The van der Waals surface area contributed by atoms with Crippen LogP contribution in [0.4, 0.5) is 5.82 Å². The molecule has 3 rings (SSSR count). The summed E-state index contributed by atoms with van der Waals surface area (Å²) in [6.45, 7) is 3.48. The fraction of sp³-hybridized carbons (Fsp3) is 0.200. The summed E-state index contributed by atoms with van der Waals surface area (Å²) in [5.74, 6) is 1.13. The molecule has 2 aromatic heterocycles. The van der Waals surface area contributed by atoms with Gasteiger partial charge in [-0.1, -0.05) is 28.5 Å². The van der Waals surface area contributed by atoms with Crippen LogP contribution in [0.5, 0.6) is 0 Å². The number of aryl methyl sites for hydroxylation is 1. The summed E-state index contributed by atoms with van der Waals surface area (Å²) in [6.07, 6.45) is 0. The first-order valence-electron chi connectivity index (χ1n) is 7.01. The minimum atomic E-state index is -0.444. The molecule has 1 aromatic carbocycles. The Bertz CT molecular complexity index is 847. The molecule has 0 aliphatic heterocycles. The lowest BCUT2D eigenvalue weighted by Gasteiger charge is -2.06. The highest BCUT2D eigenvalue weighted by Crippen LogP contribution is 2.27. The average molecular weight is 365 g/mol. The molecule has 24 heavy (non-hydrogen) atoms. The van der Waals surface area contributed by atoms with Crippen LogP contribution in [-0.2, 0) is 4.79 Å². The lowest BCUT2D eigenvalue weighted by molar-refractivity contribution is -0.115. The molecule has 0 aliphatic carbocycles. The second kappa shape index (κ2) is 7.06. The van der Waals surface area contributed by atoms with Crippen LogP contribution in [0.1, 0.15) is 12.7 Å². The molecular formula is C15H13ClN4O3S. The van der Waals surface area contributed by atoms with Crippen molar-refractivity contribution in [2.24, 2.45) is 0 Å². The lowest BCUT2D eigenvalue weighted by atomic mass is 10.2. The highest BCUT2D eigenvalue weighted by Gasteiger charge is 2.19. The number of hydrogen-bond donors (Lipinski definition) is 1. The number of anilines is 1. The molecule has 0 bridgehead atoms. The second-order valence-corrected chi connectivity index (χ2v) is 6.68. The Morgan fingerprint density at radius 2 is 2.04 bits per heavy atom. The minimum absolute atomic E-state index is 0.237. The largest absolute Gasteiger partial charge is 0.411 e. The number of hydrogen-bond acceptors (Lipinski definition) is 7. The van der Waals surface area contributed by atoms with Crippen LogP contribution in [0.2, 0.25) is 5.02 Å². The van der Waals surface area contributed by atoms with Crippen LogP contribution in [0.25, 0.3) is 11.5 Å². The first-order valence-corrected chi connectivity index (χ1v) is 8.27. The van der Waals surface area contributed by atoms with Crippen molar-refractivity contribution in [3.8, 4) is 11.5 Å². The fourth-order valence-electron chi connectivity index (χ4n) is 1.82. The summed E-state index contributed by atoms with van der Waals surface area (Å²) >= 11 is 7.01. The molecule has 124 valence electrons. The third-order valence-corrected chi connectivity index (χ3v) is 4.21. The van der Waals surface area contributed by atoms with Gasteiger partial charge in [0.25, 0.3) is 5.22 Å². The Morgan fingerprint density at radius 1 is 1.29 bits per heavy atom. The molecule has 0 radical (unpaired) electrons. The van der Waals surface area contributed by atoms with E-state index in [0.29, 0.717) is 27.7 Å². The summed E-state index contributed by atoms with van der Waals surface area (Å²) in [7, 11) is 0. The number of aromatic nitrogens is 3. The predicted molar refractivity (Wildman–Crippen MR) is 89.9 cm³/mol. The normalized spacial score (nSPS) is 12.1. The number of halogens is 1. The summed E-state index contributed by atoms with van der Waals surface area (Å²) in [5.41, 5.74) is 0.758. The number of rotatable bonds is 5. The van der Waals surface area contributed by atoms with Gasteiger partial charge in [-0.3, -0.25) is 4.79 Å². The number of amides is 1. The quantitative estimate of drug-likeness (QED) is 0.688. The smallest absolute Gasteiger partial charge is 0.277 e. The number of nitrogens with one attached hydrogen (secondary N) is 1. The van der Waals surface area contributed by atoms with Crippen molar-refractivity contribution >= 4 is 35.1 Å². The van der Waals surface area contributed by atoms with Crippen molar-refractivity contribution in [3.05, 3.63) is 41.1 Å². The van der Waals surface area contributed by atoms with E-state index in [2.05, 4.69) is 20.7 Å². The van der Waals surface area contributed by atoms with Crippen LogP contribution in [-0.4, -0.2) is 26.5 Å². The Morgan fingerprint density at radius 3 is 2.71 bits per heavy atom.